The van der Waals surface area contributed by atoms with Gasteiger partial charge in [0.05, 0.1) is 16.5 Å². The summed E-state index contributed by atoms with van der Waals surface area (Å²) in [6, 6.07) is 8.91. The largest absolute Gasteiger partial charge is 0.398 e. The molecule has 0 spiro atoms. The van der Waals surface area contributed by atoms with Crippen LogP contribution in [-0.2, 0) is 0 Å². The van der Waals surface area contributed by atoms with E-state index in [9.17, 15) is 4.79 Å². The Labute approximate surface area is 115 Å². The molecule has 0 saturated heterocycles. The van der Waals surface area contributed by atoms with Crippen LogP contribution in [0.3, 0.4) is 0 Å². The number of amides is 1. The van der Waals surface area contributed by atoms with E-state index in [-0.39, 0.29) is 5.91 Å². The predicted octanol–water partition coefficient (Wildman–Crippen LogP) is 3.07. The number of thiophene rings is 1. The van der Waals surface area contributed by atoms with E-state index >= 15 is 0 Å². The molecule has 2 aromatic rings. The monoisotopic (exact) mass is 271 g/mol. The number of nitrogens with one attached hydrogen (secondary N) is 1. The molecule has 1 aromatic carbocycles. The Morgan fingerprint density at radius 3 is 2.68 bits per heavy atom. The summed E-state index contributed by atoms with van der Waals surface area (Å²) in [5.74, 6) is -0.206. The number of nitrogen functional groups attached to an aromatic ring is 1. The van der Waals surface area contributed by atoms with Crippen LogP contribution in [0.15, 0.2) is 24.3 Å². The number of nitriles is 1. The van der Waals surface area contributed by atoms with Crippen LogP contribution in [0.5, 0.6) is 0 Å². The van der Waals surface area contributed by atoms with Crippen molar-refractivity contribution in [2.24, 2.45) is 0 Å². The summed E-state index contributed by atoms with van der Waals surface area (Å²) >= 11 is 1.36. The van der Waals surface area contributed by atoms with Crippen LogP contribution in [0.2, 0.25) is 0 Å². The number of carbonyl (C=O) groups is 1. The second kappa shape index (κ2) is 5.12. The summed E-state index contributed by atoms with van der Waals surface area (Å²) in [6.45, 7) is 3.75. The first-order chi connectivity index (χ1) is 9.01. The van der Waals surface area contributed by atoms with Gasteiger partial charge in [0, 0.05) is 16.3 Å². The smallest absolute Gasteiger partial charge is 0.265 e. The molecular formula is C14H13N3OS. The molecule has 96 valence electrons. The molecule has 4 nitrogen and oxygen atoms in total. The number of aryl methyl sites for hydroxylation is 2. The lowest BCUT2D eigenvalue weighted by molar-refractivity contribution is 0.103. The van der Waals surface area contributed by atoms with Gasteiger partial charge in [-0.1, -0.05) is 6.07 Å². The average Bonchev–Trinajstić information content (AvgIpc) is 2.72. The average molecular weight is 271 g/mol. The summed E-state index contributed by atoms with van der Waals surface area (Å²) in [7, 11) is 0. The van der Waals surface area contributed by atoms with Crippen molar-refractivity contribution < 1.29 is 4.79 Å². The molecule has 0 atom stereocenters. The Balaban J connectivity index is 2.26. The SMILES string of the molecule is Cc1ccc(C#N)cc1NC(=O)c1cc(N)c(C)s1. The van der Waals surface area contributed by atoms with E-state index in [1.807, 2.05) is 19.9 Å². The van der Waals surface area contributed by atoms with Crippen LogP contribution >= 0.6 is 11.3 Å². The summed E-state index contributed by atoms with van der Waals surface area (Å²) in [5.41, 5.74) is 8.43. The lowest BCUT2D eigenvalue weighted by Crippen LogP contribution is -2.11. The maximum absolute atomic E-state index is 12.1. The standard InChI is InChI=1S/C14H13N3OS/c1-8-3-4-10(7-15)5-12(8)17-14(18)13-6-11(16)9(2)19-13/h3-6H,16H2,1-2H3,(H,17,18). The van der Waals surface area contributed by atoms with Crippen molar-refractivity contribution in [3.63, 3.8) is 0 Å². The van der Waals surface area contributed by atoms with Crippen LogP contribution in [-0.4, -0.2) is 5.91 Å². The van der Waals surface area contributed by atoms with Gasteiger partial charge in [0.15, 0.2) is 0 Å². The van der Waals surface area contributed by atoms with Crippen molar-refractivity contribution >= 4 is 28.6 Å². The maximum Gasteiger partial charge on any atom is 0.265 e. The highest BCUT2D eigenvalue weighted by Gasteiger charge is 2.12. The molecule has 5 heteroatoms. The lowest BCUT2D eigenvalue weighted by Gasteiger charge is -2.07. The molecule has 0 unspecified atom stereocenters. The molecule has 0 fully saturated rings. The topological polar surface area (TPSA) is 78.9 Å². The second-order valence-corrected chi connectivity index (χ2v) is 5.47. The molecule has 1 aromatic heterocycles. The molecule has 1 amide bonds. The highest BCUT2D eigenvalue weighted by atomic mass is 32.1. The van der Waals surface area contributed by atoms with Gasteiger partial charge in [-0.3, -0.25) is 4.79 Å². The van der Waals surface area contributed by atoms with Crippen LogP contribution in [0.25, 0.3) is 0 Å². The minimum absolute atomic E-state index is 0.206. The van der Waals surface area contributed by atoms with Crippen molar-refractivity contribution in [2.75, 3.05) is 11.1 Å². The van der Waals surface area contributed by atoms with E-state index in [0.717, 1.165) is 10.4 Å². The zero-order chi connectivity index (χ0) is 14.0. The molecule has 0 saturated carbocycles. The summed E-state index contributed by atoms with van der Waals surface area (Å²) in [5, 5.41) is 11.7. The number of nitrogens with zero attached hydrogens (tertiary/aromatic N) is 1. The van der Waals surface area contributed by atoms with Crippen LogP contribution in [0, 0.1) is 25.2 Å². The van der Waals surface area contributed by atoms with Gasteiger partial charge >= 0.3 is 0 Å². The van der Waals surface area contributed by atoms with Crippen molar-refractivity contribution in [1.82, 2.24) is 0 Å². The quantitative estimate of drug-likeness (QED) is 0.881. The highest BCUT2D eigenvalue weighted by Crippen LogP contribution is 2.25. The maximum atomic E-state index is 12.1. The van der Waals surface area contributed by atoms with E-state index in [1.54, 1.807) is 18.2 Å². The van der Waals surface area contributed by atoms with Crippen molar-refractivity contribution in [3.05, 3.63) is 45.1 Å². The summed E-state index contributed by atoms with van der Waals surface area (Å²) in [6.07, 6.45) is 0. The third kappa shape index (κ3) is 2.75. The summed E-state index contributed by atoms with van der Waals surface area (Å²) in [4.78, 5) is 13.6. The van der Waals surface area contributed by atoms with Crippen LogP contribution in [0.4, 0.5) is 11.4 Å². The van der Waals surface area contributed by atoms with Crippen molar-refractivity contribution in [2.45, 2.75) is 13.8 Å². The Bertz CT molecular complexity index is 663. The van der Waals surface area contributed by atoms with Crippen molar-refractivity contribution in [3.8, 4) is 6.07 Å². The van der Waals surface area contributed by atoms with E-state index in [2.05, 4.69) is 11.4 Å². The third-order valence-electron chi connectivity index (χ3n) is 2.79. The first-order valence-electron chi connectivity index (χ1n) is 5.69. The number of carbonyl (C=O) groups excluding carboxylic acids is 1. The summed E-state index contributed by atoms with van der Waals surface area (Å²) < 4.78 is 0. The number of hydrogen-bond donors (Lipinski definition) is 2. The van der Waals surface area contributed by atoms with Gasteiger partial charge in [0.1, 0.15) is 0 Å². The molecule has 1 heterocycles. The molecular weight excluding hydrogens is 258 g/mol. The van der Waals surface area contributed by atoms with E-state index in [0.29, 0.717) is 21.8 Å². The molecule has 0 aliphatic rings. The minimum Gasteiger partial charge on any atom is -0.398 e. The van der Waals surface area contributed by atoms with Gasteiger partial charge in [0.2, 0.25) is 0 Å². The number of rotatable bonds is 2. The van der Waals surface area contributed by atoms with Crippen LogP contribution < -0.4 is 11.1 Å². The molecule has 3 N–H and O–H groups in total. The number of nitrogens with two attached hydrogens (primary N) is 1. The molecule has 0 aliphatic carbocycles. The third-order valence-corrected chi connectivity index (χ3v) is 3.86. The molecule has 0 radical (unpaired) electrons. The molecule has 0 aliphatic heterocycles. The van der Waals surface area contributed by atoms with E-state index in [4.69, 9.17) is 11.0 Å². The first-order valence-corrected chi connectivity index (χ1v) is 6.51. The van der Waals surface area contributed by atoms with E-state index < -0.39 is 0 Å². The first kappa shape index (κ1) is 13.1. The molecule has 19 heavy (non-hydrogen) atoms. The van der Waals surface area contributed by atoms with Crippen LogP contribution in [0.1, 0.15) is 25.7 Å². The Kier molecular flexibility index (Phi) is 3.54. The zero-order valence-electron chi connectivity index (χ0n) is 10.7. The Morgan fingerprint density at radius 2 is 2.11 bits per heavy atom. The van der Waals surface area contributed by atoms with Gasteiger partial charge < -0.3 is 11.1 Å². The highest BCUT2D eigenvalue weighted by molar-refractivity contribution is 7.14. The second-order valence-electron chi connectivity index (χ2n) is 4.22. The normalized spacial score (nSPS) is 9.95. The van der Waals surface area contributed by atoms with Gasteiger partial charge in [-0.15, -0.1) is 11.3 Å². The van der Waals surface area contributed by atoms with E-state index in [1.165, 1.54) is 11.3 Å². The Morgan fingerprint density at radius 1 is 1.37 bits per heavy atom. The fourth-order valence-corrected chi connectivity index (χ4v) is 2.45. The van der Waals surface area contributed by atoms with Crippen molar-refractivity contribution in [1.29, 1.82) is 5.26 Å². The zero-order valence-corrected chi connectivity index (χ0v) is 11.5. The molecule has 2 rings (SSSR count). The van der Waals surface area contributed by atoms with Gasteiger partial charge in [-0.2, -0.15) is 5.26 Å². The fraction of sp³-hybridized carbons (Fsp3) is 0.143. The number of anilines is 2. The van der Waals surface area contributed by atoms with Gasteiger partial charge in [-0.05, 0) is 37.6 Å². The predicted molar refractivity (Wildman–Crippen MR) is 77.3 cm³/mol. The van der Waals surface area contributed by atoms with Gasteiger partial charge in [-0.25, -0.2) is 0 Å². The lowest BCUT2D eigenvalue weighted by atomic mass is 10.1. The Hall–Kier alpha value is -2.32. The fourth-order valence-electron chi connectivity index (χ4n) is 1.62. The number of benzene rings is 1. The number of hydrogen-bond acceptors (Lipinski definition) is 4. The molecule has 0 bridgehead atoms. The minimum atomic E-state index is -0.206. The van der Waals surface area contributed by atoms with Gasteiger partial charge in [0.25, 0.3) is 5.91 Å².